The minimum absolute atomic E-state index is 0.0202. The molecule has 0 fully saturated rings. The zero-order chi connectivity index (χ0) is 26.4. The number of hydrogen-bond donors (Lipinski definition) is 2. The first kappa shape index (κ1) is 25.2. The monoisotopic (exact) mass is 513 g/mol. The molecule has 0 saturated heterocycles. The first-order valence-corrected chi connectivity index (χ1v) is 12.8. The Morgan fingerprint density at radius 2 is 1.86 bits per heavy atom. The third-order valence-electron chi connectivity index (χ3n) is 6.16. The summed E-state index contributed by atoms with van der Waals surface area (Å²) in [7, 11) is -3.35. The van der Waals surface area contributed by atoms with Crippen LogP contribution >= 0.6 is 0 Å². The van der Waals surface area contributed by atoms with Gasteiger partial charge >= 0.3 is 5.97 Å². The minimum atomic E-state index is -4.51. The van der Waals surface area contributed by atoms with Gasteiger partial charge in [0.2, 0.25) is 5.91 Å². The smallest absolute Gasteiger partial charge is 0.337 e. The highest BCUT2D eigenvalue weighted by Crippen LogP contribution is 2.41. The Bertz CT molecular complexity index is 1540. The lowest BCUT2D eigenvalue weighted by atomic mass is 10.1. The molecular weight excluding hydrogens is 486 g/mol. The number of pyridine rings is 1. The van der Waals surface area contributed by atoms with Crippen LogP contribution in [0.3, 0.4) is 0 Å². The van der Waals surface area contributed by atoms with Crippen LogP contribution in [0.4, 0.5) is 5.69 Å². The molecule has 10 nitrogen and oxygen atoms in total. The summed E-state index contributed by atoms with van der Waals surface area (Å²) in [6, 6.07) is 10.6. The second-order valence-corrected chi connectivity index (χ2v) is 10.8. The second-order valence-electron chi connectivity index (χ2n) is 8.99. The minimum Gasteiger partial charge on any atom is -0.507 e. The van der Waals surface area contributed by atoms with Gasteiger partial charge in [-0.25, -0.2) is 17.5 Å². The molecule has 4 rings (SSSR count). The molecule has 2 aromatic carbocycles. The third kappa shape index (κ3) is 4.09. The van der Waals surface area contributed by atoms with Crippen LogP contribution in [0.2, 0.25) is 0 Å². The van der Waals surface area contributed by atoms with Gasteiger partial charge in [-0.1, -0.05) is 26.0 Å². The van der Waals surface area contributed by atoms with E-state index < -0.39 is 39.4 Å². The van der Waals surface area contributed by atoms with Crippen molar-refractivity contribution in [2.45, 2.75) is 44.8 Å². The van der Waals surface area contributed by atoms with Gasteiger partial charge in [-0.05, 0) is 42.7 Å². The average Bonchev–Trinajstić information content (AvgIpc) is 2.82. The summed E-state index contributed by atoms with van der Waals surface area (Å²) < 4.78 is 33.9. The number of esters is 1. The van der Waals surface area contributed by atoms with Crippen molar-refractivity contribution in [2.24, 2.45) is 5.92 Å². The number of aromatic hydroxyl groups is 1. The zero-order valence-electron chi connectivity index (χ0n) is 20.3. The molecule has 0 spiro atoms. The molecule has 3 aromatic rings. The zero-order valence-corrected chi connectivity index (χ0v) is 21.1. The Morgan fingerprint density at radius 3 is 2.50 bits per heavy atom. The summed E-state index contributed by atoms with van der Waals surface area (Å²) in [6.45, 7) is 5.42. The summed E-state index contributed by atoms with van der Waals surface area (Å²) in [5, 5.41) is 14.5. The Hall–Kier alpha value is -3.86. The predicted octanol–water partition coefficient (Wildman–Crippen LogP) is 3.20. The highest BCUT2D eigenvalue weighted by atomic mass is 32.2. The van der Waals surface area contributed by atoms with Crippen molar-refractivity contribution in [3.05, 3.63) is 63.9 Å². The fraction of sp³-hybridized carbons (Fsp3) is 0.320. The lowest BCUT2D eigenvalue weighted by Gasteiger charge is -2.37. The lowest BCUT2D eigenvalue weighted by molar-refractivity contribution is -0.125. The van der Waals surface area contributed by atoms with E-state index in [2.05, 4.69) is 10.1 Å². The molecule has 1 unspecified atom stereocenters. The van der Waals surface area contributed by atoms with Gasteiger partial charge in [-0.3, -0.25) is 9.59 Å². The number of anilines is 1. The van der Waals surface area contributed by atoms with E-state index >= 15 is 0 Å². The standard InChI is InChI=1S/C25H27N3O7S/c1-14(2)11-12-27-19-8-6-5-7-17(19)22(30)21(24(27)31)23-26-18-10-9-16(25(32)35-4)13-20(18)36(33,34)28(23)15(3)29/h5-10,13-14,23,26,30H,11-12H2,1-4H3. The molecule has 0 bridgehead atoms. The maximum absolute atomic E-state index is 13.8. The molecule has 0 aliphatic carbocycles. The maximum Gasteiger partial charge on any atom is 0.337 e. The molecule has 0 saturated carbocycles. The number of carbonyl (C=O) groups is 2. The van der Waals surface area contributed by atoms with Crippen molar-refractivity contribution >= 4 is 38.5 Å². The highest BCUT2D eigenvalue weighted by molar-refractivity contribution is 7.90. The Labute approximate surface area is 208 Å². The number of ether oxygens (including phenoxy) is 1. The van der Waals surface area contributed by atoms with Crippen LogP contribution in [-0.4, -0.2) is 41.4 Å². The van der Waals surface area contributed by atoms with E-state index in [1.54, 1.807) is 24.3 Å². The van der Waals surface area contributed by atoms with Gasteiger partial charge in [0.05, 0.1) is 23.9 Å². The number of carbonyl (C=O) groups excluding carboxylic acids is 2. The number of fused-ring (bicyclic) bond motifs is 2. The van der Waals surface area contributed by atoms with Crippen LogP contribution in [0.25, 0.3) is 10.9 Å². The number of methoxy groups -OCH3 is 1. The number of hydrogen-bond acceptors (Lipinski definition) is 8. The van der Waals surface area contributed by atoms with Crippen molar-refractivity contribution in [3.63, 3.8) is 0 Å². The molecule has 1 atom stereocenters. The van der Waals surface area contributed by atoms with Crippen molar-refractivity contribution in [1.82, 2.24) is 8.87 Å². The molecule has 1 aromatic heterocycles. The average molecular weight is 514 g/mol. The predicted molar refractivity (Wildman–Crippen MR) is 133 cm³/mol. The summed E-state index contributed by atoms with van der Waals surface area (Å²) in [4.78, 5) is 38.1. The fourth-order valence-electron chi connectivity index (χ4n) is 4.36. The molecular formula is C25H27N3O7S. The van der Waals surface area contributed by atoms with Gasteiger partial charge < -0.3 is 19.7 Å². The largest absolute Gasteiger partial charge is 0.507 e. The Balaban J connectivity index is 1.99. The van der Waals surface area contributed by atoms with Gasteiger partial charge in [-0.15, -0.1) is 0 Å². The van der Waals surface area contributed by atoms with E-state index in [0.717, 1.165) is 13.0 Å². The second kappa shape index (κ2) is 9.30. The number of nitrogens with one attached hydrogen (secondary N) is 1. The normalized spacial score (nSPS) is 16.5. The molecule has 2 N–H and O–H groups in total. The quantitative estimate of drug-likeness (QED) is 0.497. The lowest BCUT2D eigenvalue weighted by Crippen LogP contribution is -2.47. The first-order chi connectivity index (χ1) is 17.0. The van der Waals surface area contributed by atoms with E-state index in [4.69, 9.17) is 0 Å². The van der Waals surface area contributed by atoms with Gasteiger partial charge in [-0.2, -0.15) is 0 Å². The Kier molecular flexibility index (Phi) is 6.52. The van der Waals surface area contributed by atoms with Crippen molar-refractivity contribution < 1.29 is 27.9 Å². The summed E-state index contributed by atoms with van der Waals surface area (Å²) >= 11 is 0. The first-order valence-electron chi connectivity index (χ1n) is 11.4. The van der Waals surface area contributed by atoms with E-state index in [0.29, 0.717) is 28.2 Å². The fourth-order valence-corrected chi connectivity index (χ4v) is 6.02. The van der Waals surface area contributed by atoms with Crippen LogP contribution in [0.5, 0.6) is 5.75 Å². The number of amides is 1. The summed E-state index contributed by atoms with van der Waals surface area (Å²) in [5.41, 5.74) is -0.320. The van der Waals surface area contributed by atoms with Crippen molar-refractivity contribution in [1.29, 1.82) is 0 Å². The van der Waals surface area contributed by atoms with Gasteiger partial charge in [0.25, 0.3) is 15.6 Å². The third-order valence-corrected chi connectivity index (χ3v) is 8.04. The number of aryl methyl sites for hydroxylation is 1. The van der Waals surface area contributed by atoms with E-state index in [-0.39, 0.29) is 27.6 Å². The van der Waals surface area contributed by atoms with E-state index in [1.807, 2.05) is 13.8 Å². The van der Waals surface area contributed by atoms with Gasteiger partial charge in [0, 0.05) is 18.9 Å². The molecule has 1 amide bonds. The molecule has 0 radical (unpaired) electrons. The highest BCUT2D eigenvalue weighted by Gasteiger charge is 2.44. The SMILES string of the molecule is COC(=O)c1ccc2c(c1)S(=O)(=O)N(C(C)=O)C(c1c(O)c3ccccc3n(CCC(C)C)c1=O)N2. The molecule has 36 heavy (non-hydrogen) atoms. The Morgan fingerprint density at radius 1 is 1.17 bits per heavy atom. The van der Waals surface area contributed by atoms with Crippen molar-refractivity contribution in [2.75, 3.05) is 12.4 Å². The summed E-state index contributed by atoms with van der Waals surface area (Å²) in [6.07, 6.45) is -0.841. The van der Waals surface area contributed by atoms with Gasteiger partial charge in [0.15, 0.2) is 6.17 Å². The number of nitrogens with zero attached hydrogens (tertiary/aromatic N) is 2. The molecule has 1 aliphatic heterocycles. The van der Waals surface area contributed by atoms with E-state index in [9.17, 15) is 27.9 Å². The molecule has 190 valence electrons. The van der Waals surface area contributed by atoms with Crippen LogP contribution in [0.15, 0.2) is 52.2 Å². The molecule has 1 aliphatic rings. The van der Waals surface area contributed by atoms with E-state index in [1.165, 1.54) is 23.8 Å². The maximum atomic E-state index is 13.8. The number of benzene rings is 2. The topological polar surface area (TPSA) is 135 Å². The van der Waals surface area contributed by atoms with Crippen LogP contribution < -0.4 is 10.9 Å². The van der Waals surface area contributed by atoms with Crippen molar-refractivity contribution in [3.8, 4) is 5.75 Å². The number of para-hydroxylation sites is 1. The molecule has 2 heterocycles. The number of sulfonamides is 1. The summed E-state index contributed by atoms with van der Waals surface area (Å²) in [5.74, 6) is -1.75. The van der Waals surface area contributed by atoms with Crippen LogP contribution in [0, 0.1) is 5.92 Å². The van der Waals surface area contributed by atoms with Crippen LogP contribution in [0.1, 0.15) is 49.3 Å². The van der Waals surface area contributed by atoms with Gasteiger partial charge in [0.1, 0.15) is 16.2 Å². The molecule has 11 heteroatoms. The number of aromatic nitrogens is 1. The number of rotatable bonds is 5. The van der Waals surface area contributed by atoms with Crippen LogP contribution in [-0.2, 0) is 26.1 Å².